The van der Waals surface area contributed by atoms with Crippen molar-refractivity contribution in [2.24, 2.45) is 4.99 Å². The summed E-state index contributed by atoms with van der Waals surface area (Å²) in [5.41, 5.74) is 3.96. The highest BCUT2D eigenvalue weighted by Crippen LogP contribution is 2.20. The number of guanidine groups is 1. The van der Waals surface area contributed by atoms with Crippen molar-refractivity contribution in [2.45, 2.75) is 26.8 Å². The lowest BCUT2D eigenvalue weighted by molar-refractivity contribution is 0.0963. The van der Waals surface area contributed by atoms with Gasteiger partial charge in [0.15, 0.2) is 5.96 Å². The summed E-state index contributed by atoms with van der Waals surface area (Å²) in [6, 6.07) is 13.8. The molecule has 0 bridgehead atoms. The van der Waals surface area contributed by atoms with Crippen molar-refractivity contribution in [2.75, 3.05) is 40.5 Å². The van der Waals surface area contributed by atoms with Crippen LogP contribution in [0.15, 0.2) is 47.5 Å². The number of nitrogens with zero attached hydrogens (tertiary/aromatic N) is 1. The zero-order valence-electron chi connectivity index (χ0n) is 19.0. The van der Waals surface area contributed by atoms with Gasteiger partial charge in [-0.15, -0.1) is 0 Å². The van der Waals surface area contributed by atoms with E-state index in [1.54, 1.807) is 14.1 Å². The van der Waals surface area contributed by atoms with E-state index in [9.17, 15) is 4.79 Å². The molecule has 0 atom stereocenters. The summed E-state index contributed by atoms with van der Waals surface area (Å²) in [6.45, 7) is 7.09. The second-order valence-corrected chi connectivity index (χ2v) is 7.04. The van der Waals surface area contributed by atoms with E-state index in [1.807, 2.05) is 44.2 Å². The van der Waals surface area contributed by atoms with Gasteiger partial charge in [0.25, 0.3) is 5.91 Å². The first-order valence-electron chi connectivity index (χ1n) is 10.6. The predicted octanol–water partition coefficient (Wildman–Crippen LogP) is 2.68. The van der Waals surface area contributed by atoms with Crippen LogP contribution in [0.4, 0.5) is 0 Å². The Morgan fingerprint density at radius 2 is 1.94 bits per heavy atom. The van der Waals surface area contributed by atoms with E-state index in [-0.39, 0.29) is 5.91 Å². The third-order valence-electron chi connectivity index (χ3n) is 4.70. The lowest BCUT2D eigenvalue weighted by atomic mass is 10.1. The number of carbonyl (C=O) groups is 1. The molecule has 0 heterocycles. The number of ether oxygens (including phenoxy) is 2. The van der Waals surface area contributed by atoms with Crippen molar-refractivity contribution in [3.8, 4) is 5.75 Å². The highest BCUT2D eigenvalue weighted by atomic mass is 16.5. The minimum absolute atomic E-state index is 0.0790. The summed E-state index contributed by atoms with van der Waals surface area (Å²) < 4.78 is 11.3. The van der Waals surface area contributed by atoms with Gasteiger partial charge in [0.2, 0.25) is 0 Å². The SMILES string of the molecule is CCOCCOc1cc(C)ccc1CNC(=NC)NCCc1cccc(C(=O)NC)c1. The quantitative estimate of drug-likeness (QED) is 0.292. The molecule has 7 nitrogen and oxygen atoms in total. The van der Waals surface area contributed by atoms with E-state index in [1.165, 1.54) is 0 Å². The number of carbonyl (C=O) groups excluding carboxylic acids is 1. The van der Waals surface area contributed by atoms with Crippen LogP contribution in [0.25, 0.3) is 0 Å². The zero-order chi connectivity index (χ0) is 22.5. The number of nitrogens with one attached hydrogen (secondary N) is 3. The third-order valence-corrected chi connectivity index (χ3v) is 4.70. The highest BCUT2D eigenvalue weighted by Gasteiger charge is 2.07. The topological polar surface area (TPSA) is 84.0 Å². The Balaban J connectivity index is 1.86. The van der Waals surface area contributed by atoms with E-state index in [2.05, 4.69) is 33.1 Å². The molecule has 0 aliphatic rings. The minimum Gasteiger partial charge on any atom is -0.491 e. The fourth-order valence-electron chi connectivity index (χ4n) is 3.03. The van der Waals surface area contributed by atoms with Crippen LogP contribution in [0.1, 0.15) is 34.0 Å². The Labute approximate surface area is 185 Å². The highest BCUT2D eigenvalue weighted by molar-refractivity contribution is 5.94. The molecule has 0 aromatic heterocycles. The summed E-state index contributed by atoms with van der Waals surface area (Å²) in [7, 11) is 3.38. The smallest absolute Gasteiger partial charge is 0.251 e. The monoisotopic (exact) mass is 426 g/mol. The van der Waals surface area contributed by atoms with Gasteiger partial charge in [0, 0.05) is 44.9 Å². The number of rotatable bonds is 11. The number of benzene rings is 2. The number of amides is 1. The molecule has 31 heavy (non-hydrogen) atoms. The van der Waals surface area contributed by atoms with Gasteiger partial charge in [-0.25, -0.2) is 0 Å². The molecular formula is C24H34N4O3. The van der Waals surface area contributed by atoms with Crippen molar-refractivity contribution in [1.82, 2.24) is 16.0 Å². The average molecular weight is 427 g/mol. The first kappa shape index (κ1) is 24.2. The summed E-state index contributed by atoms with van der Waals surface area (Å²) in [5.74, 6) is 1.49. The number of hydrogen-bond donors (Lipinski definition) is 3. The maximum absolute atomic E-state index is 11.8. The summed E-state index contributed by atoms with van der Waals surface area (Å²) in [6.07, 6.45) is 0.780. The Hall–Kier alpha value is -3.06. The molecule has 2 aromatic carbocycles. The zero-order valence-corrected chi connectivity index (χ0v) is 19.0. The molecule has 2 rings (SSSR count). The Bertz CT molecular complexity index is 868. The van der Waals surface area contributed by atoms with Gasteiger partial charge < -0.3 is 25.4 Å². The van der Waals surface area contributed by atoms with E-state index in [4.69, 9.17) is 9.47 Å². The van der Waals surface area contributed by atoms with Gasteiger partial charge in [-0.05, 0) is 49.6 Å². The Morgan fingerprint density at radius 3 is 2.68 bits per heavy atom. The molecule has 0 unspecified atom stereocenters. The first-order chi connectivity index (χ1) is 15.1. The van der Waals surface area contributed by atoms with Crippen LogP contribution in [0, 0.1) is 6.92 Å². The van der Waals surface area contributed by atoms with Crippen molar-refractivity contribution in [3.63, 3.8) is 0 Å². The van der Waals surface area contributed by atoms with Crippen LogP contribution in [0.2, 0.25) is 0 Å². The van der Waals surface area contributed by atoms with Gasteiger partial charge >= 0.3 is 0 Å². The first-order valence-corrected chi connectivity index (χ1v) is 10.6. The maximum atomic E-state index is 11.8. The van der Waals surface area contributed by atoms with Gasteiger partial charge in [0.1, 0.15) is 12.4 Å². The summed E-state index contributed by atoms with van der Waals surface area (Å²) in [5, 5.41) is 9.31. The summed E-state index contributed by atoms with van der Waals surface area (Å²) in [4.78, 5) is 16.1. The molecule has 0 saturated heterocycles. The van der Waals surface area contributed by atoms with Gasteiger partial charge in [-0.2, -0.15) is 0 Å². The normalized spacial score (nSPS) is 11.2. The van der Waals surface area contributed by atoms with Crippen molar-refractivity contribution >= 4 is 11.9 Å². The van der Waals surface area contributed by atoms with Crippen LogP contribution < -0.4 is 20.7 Å². The molecule has 0 saturated carbocycles. The van der Waals surface area contributed by atoms with E-state index >= 15 is 0 Å². The van der Waals surface area contributed by atoms with Gasteiger partial charge in [-0.3, -0.25) is 9.79 Å². The number of hydrogen-bond acceptors (Lipinski definition) is 4. The van der Waals surface area contributed by atoms with E-state index in [0.29, 0.717) is 44.4 Å². The lowest BCUT2D eigenvalue weighted by Gasteiger charge is -2.15. The molecule has 2 aromatic rings. The van der Waals surface area contributed by atoms with Crippen LogP contribution in [-0.2, 0) is 17.7 Å². The molecule has 0 aliphatic heterocycles. The molecule has 0 fully saturated rings. The van der Waals surface area contributed by atoms with Gasteiger partial charge in [-0.1, -0.05) is 24.3 Å². The van der Waals surface area contributed by atoms with Crippen LogP contribution in [-0.4, -0.2) is 52.3 Å². The number of aliphatic imine (C=N–C) groups is 1. The average Bonchev–Trinajstić information content (AvgIpc) is 2.79. The minimum atomic E-state index is -0.0790. The molecule has 0 radical (unpaired) electrons. The lowest BCUT2D eigenvalue weighted by Crippen LogP contribution is -2.38. The molecular weight excluding hydrogens is 392 g/mol. The van der Waals surface area contributed by atoms with Crippen LogP contribution in [0.3, 0.4) is 0 Å². The van der Waals surface area contributed by atoms with Crippen molar-refractivity contribution in [3.05, 3.63) is 64.7 Å². The Kier molecular flexibility index (Phi) is 10.4. The van der Waals surface area contributed by atoms with E-state index < -0.39 is 0 Å². The second kappa shape index (κ2) is 13.3. The van der Waals surface area contributed by atoms with Crippen LogP contribution in [0.5, 0.6) is 5.75 Å². The fraction of sp³-hybridized carbons (Fsp3) is 0.417. The standard InChI is InChI=1S/C24H34N4O3/c1-5-30-13-14-31-22-15-18(2)9-10-21(22)17-28-24(26-4)27-12-11-19-7-6-8-20(16-19)23(29)25-3/h6-10,15-16H,5,11-14,17H2,1-4H3,(H,25,29)(H2,26,27,28). The van der Waals surface area contributed by atoms with E-state index in [0.717, 1.165) is 28.9 Å². The number of aryl methyl sites for hydroxylation is 1. The predicted molar refractivity (Wildman–Crippen MR) is 125 cm³/mol. The fourth-order valence-corrected chi connectivity index (χ4v) is 3.03. The molecule has 1 amide bonds. The maximum Gasteiger partial charge on any atom is 0.251 e. The Morgan fingerprint density at radius 1 is 1.10 bits per heavy atom. The molecule has 0 aliphatic carbocycles. The van der Waals surface area contributed by atoms with Crippen LogP contribution >= 0.6 is 0 Å². The van der Waals surface area contributed by atoms with Gasteiger partial charge in [0.05, 0.1) is 6.61 Å². The van der Waals surface area contributed by atoms with Crippen molar-refractivity contribution in [1.29, 1.82) is 0 Å². The van der Waals surface area contributed by atoms with Crippen molar-refractivity contribution < 1.29 is 14.3 Å². The summed E-state index contributed by atoms with van der Waals surface area (Å²) >= 11 is 0. The molecule has 168 valence electrons. The molecule has 7 heteroatoms. The molecule has 0 spiro atoms. The largest absolute Gasteiger partial charge is 0.491 e. The molecule has 3 N–H and O–H groups in total. The second-order valence-electron chi connectivity index (χ2n) is 7.04. The third kappa shape index (κ3) is 8.30.